The third-order valence-corrected chi connectivity index (χ3v) is 6.05. The van der Waals surface area contributed by atoms with Gasteiger partial charge in [0.05, 0.1) is 29.0 Å². The van der Waals surface area contributed by atoms with Crippen molar-refractivity contribution in [3.05, 3.63) is 40.0 Å². The Bertz CT molecular complexity index is 973. The summed E-state index contributed by atoms with van der Waals surface area (Å²) in [5.74, 6) is 0.463. The molecule has 27 heavy (non-hydrogen) atoms. The van der Waals surface area contributed by atoms with Crippen LogP contribution >= 0.6 is 23.1 Å². The van der Waals surface area contributed by atoms with Gasteiger partial charge in [-0.2, -0.15) is 0 Å². The standard InChI is InChI=1S/C18H20N4O3S2/c1-5-22-16(13-7-6-8-26-13)20-21-18(22)27-9-12(23)15-10(2)14(11(3)19-15)17(24)25-4/h6-8,19H,5,9H2,1-4H3. The number of aryl methyl sites for hydroxylation is 1. The van der Waals surface area contributed by atoms with Gasteiger partial charge in [0.2, 0.25) is 0 Å². The van der Waals surface area contributed by atoms with Gasteiger partial charge in [-0.15, -0.1) is 21.5 Å². The van der Waals surface area contributed by atoms with Gasteiger partial charge in [0.25, 0.3) is 0 Å². The van der Waals surface area contributed by atoms with Gasteiger partial charge in [-0.3, -0.25) is 4.79 Å². The van der Waals surface area contributed by atoms with E-state index in [0.717, 1.165) is 10.7 Å². The van der Waals surface area contributed by atoms with E-state index in [1.54, 1.807) is 25.2 Å². The van der Waals surface area contributed by atoms with Crippen molar-refractivity contribution in [1.82, 2.24) is 19.7 Å². The molecule has 0 aliphatic heterocycles. The summed E-state index contributed by atoms with van der Waals surface area (Å²) in [6.07, 6.45) is 0. The molecule has 0 atom stereocenters. The van der Waals surface area contributed by atoms with Crippen LogP contribution in [0.4, 0.5) is 0 Å². The van der Waals surface area contributed by atoms with Crippen LogP contribution in [0, 0.1) is 13.8 Å². The molecule has 0 radical (unpaired) electrons. The van der Waals surface area contributed by atoms with Crippen LogP contribution in [0.5, 0.6) is 0 Å². The number of carbonyl (C=O) groups excluding carboxylic acids is 2. The average Bonchev–Trinajstić information content (AvgIpc) is 3.37. The van der Waals surface area contributed by atoms with Gasteiger partial charge in [-0.05, 0) is 37.8 Å². The van der Waals surface area contributed by atoms with Crippen molar-refractivity contribution >= 4 is 34.9 Å². The van der Waals surface area contributed by atoms with Crippen LogP contribution < -0.4 is 0 Å². The summed E-state index contributed by atoms with van der Waals surface area (Å²) < 4.78 is 6.79. The molecule has 7 nitrogen and oxygen atoms in total. The lowest BCUT2D eigenvalue weighted by atomic mass is 10.1. The number of ether oxygens (including phenoxy) is 1. The first-order chi connectivity index (χ1) is 13.0. The average molecular weight is 405 g/mol. The van der Waals surface area contributed by atoms with Gasteiger partial charge in [-0.1, -0.05) is 17.8 Å². The minimum absolute atomic E-state index is 0.0981. The number of aromatic nitrogens is 4. The van der Waals surface area contributed by atoms with E-state index >= 15 is 0 Å². The molecule has 0 aliphatic rings. The monoisotopic (exact) mass is 404 g/mol. The first-order valence-electron chi connectivity index (χ1n) is 8.38. The molecule has 3 aromatic rings. The molecule has 142 valence electrons. The van der Waals surface area contributed by atoms with Crippen molar-refractivity contribution in [1.29, 1.82) is 0 Å². The number of thioether (sulfide) groups is 1. The summed E-state index contributed by atoms with van der Waals surface area (Å²) in [7, 11) is 1.33. The van der Waals surface area contributed by atoms with E-state index in [4.69, 9.17) is 4.74 Å². The van der Waals surface area contributed by atoms with E-state index in [2.05, 4.69) is 15.2 Å². The van der Waals surface area contributed by atoms with Crippen molar-refractivity contribution in [2.45, 2.75) is 32.5 Å². The number of methoxy groups -OCH3 is 1. The van der Waals surface area contributed by atoms with E-state index in [-0.39, 0.29) is 11.5 Å². The number of rotatable bonds is 7. The van der Waals surface area contributed by atoms with E-state index in [9.17, 15) is 9.59 Å². The molecule has 1 N–H and O–H groups in total. The molecule has 0 fully saturated rings. The maximum absolute atomic E-state index is 12.7. The fourth-order valence-corrected chi connectivity index (χ4v) is 4.50. The number of thiophene rings is 1. The lowest BCUT2D eigenvalue weighted by Gasteiger charge is -2.06. The zero-order chi connectivity index (χ0) is 19.6. The molecule has 3 aromatic heterocycles. The fraction of sp³-hybridized carbons (Fsp3) is 0.333. The van der Waals surface area contributed by atoms with E-state index in [0.29, 0.717) is 34.2 Å². The first-order valence-corrected chi connectivity index (χ1v) is 10.2. The Kier molecular flexibility index (Phi) is 5.81. The maximum atomic E-state index is 12.7. The zero-order valence-electron chi connectivity index (χ0n) is 15.5. The molecule has 9 heteroatoms. The van der Waals surface area contributed by atoms with Crippen molar-refractivity contribution in [2.24, 2.45) is 0 Å². The van der Waals surface area contributed by atoms with Gasteiger partial charge in [0.1, 0.15) is 0 Å². The normalized spacial score (nSPS) is 11.0. The molecule has 3 rings (SSSR count). The number of nitrogens with one attached hydrogen (secondary N) is 1. The van der Waals surface area contributed by atoms with Gasteiger partial charge < -0.3 is 14.3 Å². The minimum Gasteiger partial charge on any atom is -0.465 e. The topological polar surface area (TPSA) is 89.9 Å². The Labute approximate surface area is 165 Å². The lowest BCUT2D eigenvalue weighted by molar-refractivity contribution is 0.0599. The number of ketones is 1. The number of hydrogen-bond acceptors (Lipinski definition) is 7. The smallest absolute Gasteiger partial charge is 0.339 e. The molecule has 0 bridgehead atoms. The summed E-state index contributed by atoms with van der Waals surface area (Å²) >= 11 is 2.94. The highest BCUT2D eigenvalue weighted by Gasteiger charge is 2.23. The molecule has 0 amide bonds. The predicted octanol–water partition coefficient (Wildman–Crippen LogP) is 3.73. The minimum atomic E-state index is -0.445. The number of aromatic amines is 1. The SMILES string of the molecule is CCn1c(SCC(=O)c2[nH]c(C)c(C(=O)OC)c2C)nnc1-c1cccs1. The van der Waals surface area contributed by atoms with Crippen molar-refractivity contribution in [3.8, 4) is 10.7 Å². The number of nitrogens with zero attached hydrogens (tertiary/aromatic N) is 3. The van der Waals surface area contributed by atoms with Crippen LogP contribution in [0.1, 0.15) is 39.0 Å². The van der Waals surface area contributed by atoms with Crippen LogP contribution in [-0.2, 0) is 11.3 Å². The number of Topliss-reactive ketones (excluding diaryl/α,β-unsaturated/α-hetero) is 1. The third kappa shape index (κ3) is 3.70. The van der Waals surface area contributed by atoms with E-state index in [1.807, 2.05) is 29.0 Å². The second-order valence-corrected chi connectivity index (χ2v) is 7.75. The Morgan fingerprint density at radius 1 is 1.33 bits per heavy atom. The third-order valence-electron chi connectivity index (χ3n) is 4.21. The highest BCUT2D eigenvalue weighted by Crippen LogP contribution is 2.28. The number of H-pyrrole nitrogens is 1. The largest absolute Gasteiger partial charge is 0.465 e. The molecule has 0 spiro atoms. The maximum Gasteiger partial charge on any atom is 0.339 e. The van der Waals surface area contributed by atoms with Crippen LogP contribution in [0.15, 0.2) is 22.7 Å². The second kappa shape index (κ2) is 8.10. The summed E-state index contributed by atoms with van der Waals surface area (Å²) in [5, 5.41) is 11.2. The molecule has 0 saturated carbocycles. The van der Waals surface area contributed by atoms with E-state index < -0.39 is 5.97 Å². The van der Waals surface area contributed by atoms with Crippen LogP contribution in [0.25, 0.3) is 10.7 Å². The molecular formula is C18H20N4O3S2. The van der Waals surface area contributed by atoms with Crippen LogP contribution in [0.3, 0.4) is 0 Å². The Balaban J connectivity index is 1.78. The summed E-state index contributed by atoms with van der Waals surface area (Å²) in [6.45, 7) is 6.23. The Morgan fingerprint density at radius 3 is 2.74 bits per heavy atom. The van der Waals surface area contributed by atoms with Crippen LogP contribution in [0.2, 0.25) is 0 Å². The number of hydrogen-bond donors (Lipinski definition) is 1. The zero-order valence-corrected chi connectivity index (χ0v) is 17.2. The molecular weight excluding hydrogens is 384 g/mol. The molecule has 0 unspecified atom stereocenters. The molecule has 0 aromatic carbocycles. The van der Waals surface area contributed by atoms with Crippen LogP contribution in [-0.4, -0.2) is 44.4 Å². The van der Waals surface area contributed by atoms with Gasteiger partial charge in [0, 0.05) is 12.2 Å². The highest BCUT2D eigenvalue weighted by atomic mass is 32.2. The Morgan fingerprint density at radius 2 is 2.11 bits per heavy atom. The quantitative estimate of drug-likeness (QED) is 0.367. The van der Waals surface area contributed by atoms with E-state index in [1.165, 1.54) is 18.9 Å². The molecule has 0 aliphatic carbocycles. The lowest BCUT2D eigenvalue weighted by Crippen LogP contribution is -2.08. The number of esters is 1. The first kappa shape index (κ1) is 19.4. The van der Waals surface area contributed by atoms with Crippen molar-refractivity contribution < 1.29 is 14.3 Å². The Hall–Kier alpha value is -2.39. The van der Waals surface area contributed by atoms with Gasteiger partial charge in [0.15, 0.2) is 16.8 Å². The van der Waals surface area contributed by atoms with Gasteiger partial charge >= 0.3 is 5.97 Å². The highest BCUT2D eigenvalue weighted by molar-refractivity contribution is 7.99. The van der Waals surface area contributed by atoms with Crippen molar-refractivity contribution in [2.75, 3.05) is 12.9 Å². The predicted molar refractivity (Wildman–Crippen MR) is 106 cm³/mol. The van der Waals surface area contributed by atoms with Crippen molar-refractivity contribution in [3.63, 3.8) is 0 Å². The summed E-state index contributed by atoms with van der Waals surface area (Å²) in [4.78, 5) is 28.6. The molecule has 3 heterocycles. The summed E-state index contributed by atoms with van der Waals surface area (Å²) in [5.41, 5.74) is 2.09. The fourth-order valence-electron chi connectivity index (χ4n) is 2.91. The summed E-state index contributed by atoms with van der Waals surface area (Å²) in [6, 6.07) is 3.97. The molecule has 0 saturated heterocycles. The van der Waals surface area contributed by atoms with Gasteiger partial charge in [-0.25, -0.2) is 4.79 Å². The second-order valence-electron chi connectivity index (χ2n) is 5.86. The number of carbonyl (C=O) groups is 2.